The van der Waals surface area contributed by atoms with E-state index in [1.54, 1.807) is 12.1 Å². The van der Waals surface area contributed by atoms with Crippen molar-refractivity contribution < 1.29 is 19.0 Å². The van der Waals surface area contributed by atoms with Gasteiger partial charge < -0.3 is 15.2 Å². The maximum Gasteiger partial charge on any atom is 0.323 e. The van der Waals surface area contributed by atoms with Gasteiger partial charge in [0.1, 0.15) is 11.9 Å². The zero-order chi connectivity index (χ0) is 12.7. The average Bonchev–Trinajstić information content (AvgIpc) is 2.30. The van der Waals surface area contributed by atoms with E-state index in [0.717, 1.165) is 5.56 Å². The van der Waals surface area contributed by atoms with Crippen LogP contribution in [0.2, 0.25) is 0 Å². The number of ether oxygens (including phenoxy) is 1. The number of carboxylic acid groups (broad SMARTS) is 1. The number of halogens is 1. The lowest BCUT2D eigenvalue weighted by Gasteiger charge is -2.13. The molecule has 4 nitrogen and oxygen atoms in total. The Balaban J connectivity index is 2.35. The molecule has 17 heavy (non-hydrogen) atoms. The molecule has 94 valence electrons. The molecule has 0 aliphatic heterocycles. The second-order valence-electron chi connectivity index (χ2n) is 3.68. The Morgan fingerprint density at radius 2 is 2.12 bits per heavy atom. The van der Waals surface area contributed by atoms with Gasteiger partial charge in [-0.3, -0.25) is 4.79 Å². The van der Waals surface area contributed by atoms with Gasteiger partial charge in [0.25, 0.3) is 0 Å². The SMILES string of the molecule is COCC(NCCc1ccc(F)cc1)C(=O)O. The molecule has 0 radical (unpaired) electrons. The van der Waals surface area contributed by atoms with E-state index in [2.05, 4.69) is 5.32 Å². The Bertz CT molecular complexity index is 353. The third kappa shape index (κ3) is 4.93. The standard InChI is InChI=1S/C12H16FNO3/c1-17-8-11(12(15)16)14-7-6-9-2-4-10(13)5-3-9/h2-5,11,14H,6-8H2,1H3,(H,15,16). The largest absolute Gasteiger partial charge is 0.480 e. The Hall–Kier alpha value is -1.46. The number of methoxy groups -OCH3 is 1. The minimum absolute atomic E-state index is 0.124. The molecule has 0 amide bonds. The molecule has 0 heterocycles. The maximum absolute atomic E-state index is 12.6. The summed E-state index contributed by atoms with van der Waals surface area (Å²) in [7, 11) is 1.46. The predicted molar refractivity (Wildman–Crippen MR) is 61.4 cm³/mol. The van der Waals surface area contributed by atoms with Crippen LogP contribution in [-0.4, -0.2) is 37.4 Å². The molecule has 1 rings (SSSR count). The molecule has 0 aromatic heterocycles. The van der Waals surface area contributed by atoms with Crippen LogP contribution in [0.4, 0.5) is 4.39 Å². The molecule has 1 atom stereocenters. The third-order valence-corrected chi connectivity index (χ3v) is 2.35. The first-order valence-electron chi connectivity index (χ1n) is 5.33. The minimum atomic E-state index is -0.939. The summed E-state index contributed by atoms with van der Waals surface area (Å²) in [5.41, 5.74) is 0.959. The number of benzene rings is 1. The molecule has 1 aromatic carbocycles. The van der Waals surface area contributed by atoms with Crippen molar-refractivity contribution in [1.82, 2.24) is 5.32 Å². The Morgan fingerprint density at radius 3 is 2.65 bits per heavy atom. The summed E-state index contributed by atoms with van der Waals surface area (Å²) in [4.78, 5) is 10.8. The Kier molecular flexibility index (Phi) is 5.59. The van der Waals surface area contributed by atoms with Gasteiger partial charge in [0.15, 0.2) is 0 Å². The lowest BCUT2D eigenvalue weighted by molar-refractivity contribution is -0.140. The molecule has 0 spiro atoms. The lowest BCUT2D eigenvalue weighted by Crippen LogP contribution is -2.41. The second kappa shape index (κ2) is 6.98. The van der Waals surface area contributed by atoms with Crippen molar-refractivity contribution in [3.05, 3.63) is 35.6 Å². The van der Waals surface area contributed by atoms with Gasteiger partial charge in [-0.1, -0.05) is 12.1 Å². The molecule has 0 fully saturated rings. The van der Waals surface area contributed by atoms with Crippen LogP contribution in [0.5, 0.6) is 0 Å². The van der Waals surface area contributed by atoms with Crippen molar-refractivity contribution in [3.8, 4) is 0 Å². The van der Waals surface area contributed by atoms with Crippen LogP contribution >= 0.6 is 0 Å². The summed E-state index contributed by atoms with van der Waals surface area (Å²) < 4.78 is 17.4. The maximum atomic E-state index is 12.6. The van der Waals surface area contributed by atoms with E-state index < -0.39 is 12.0 Å². The van der Waals surface area contributed by atoms with E-state index in [4.69, 9.17) is 9.84 Å². The fourth-order valence-corrected chi connectivity index (χ4v) is 1.43. The van der Waals surface area contributed by atoms with Crippen molar-refractivity contribution in [2.75, 3.05) is 20.3 Å². The van der Waals surface area contributed by atoms with Gasteiger partial charge in [-0.2, -0.15) is 0 Å². The molecular weight excluding hydrogens is 225 g/mol. The number of hydrogen-bond donors (Lipinski definition) is 2. The molecule has 1 unspecified atom stereocenters. The highest BCUT2D eigenvalue weighted by atomic mass is 19.1. The molecule has 0 aliphatic rings. The van der Waals surface area contributed by atoms with Crippen molar-refractivity contribution in [2.45, 2.75) is 12.5 Å². The molecule has 0 bridgehead atoms. The molecule has 5 heteroatoms. The summed E-state index contributed by atoms with van der Waals surface area (Å²) in [6.45, 7) is 0.630. The number of nitrogens with one attached hydrogen (secondary N) is 1. The summed E-state index contributed by atoms with van der Waals surface area (Å²) in [6.07, 6.45) is 0.647. The fourth-order valence-electron chi connectivity index (χ4n) is 1.43. The van der Waals surface area contributed by atoms with Crippen LogP contribution < -0.4 is 5.32 Å². The van der Waals surface area contributed by atoms with E-state index >= 15 is 0 Å². The number of aliphatic carboxylic acids is 1. The summed E-state index contributed by atoms with van der Waals surface area (Å²) in [6, 6.07) is 5.44. The normalized spacial score (nSPS) is 12.4. The van der Waals surface area contributed by atoms with Crippen molar-refractivity contribution in [1.29, 1.82) is 0 Å². The Labute approximate surface area is 99.4 Å². The highest BCUT2D eigenvalue weighted by Gasteiger charge is 2.15. The zero-order valence-electron chi connectivity index (χ0n) is 9.65. The minimum Gasteiger partial charge on any atom is -0.480 e. The van der Waals surface area contributed by atoms with Gasteiger partial charge in [0.2, 0.25) is 0 Å². The van der Waals surface area contributed by atoms with E-state index in [1.807, 2.05) is 0 Å². The lowest BCUT2D eigenvalue weighted by atomic mass is 10.1. The van der Waals surface area contributed by atoms with E-state index in [0.29, 0.717) is 13.0 Å². The number of hydrogen-bond acceptors (Lipinski definition) is 3. The first-order valence-corrected chi connectivity index (χ1v) is 5.33. The van der Waals surface area contributed by atoms with Crippen LogP contribution in [0.3, 0.4) is 0 Å². The quantitative estimate of drug-likeness (QED) is 0.749. The second-order valence-corrected chi connectivity index (χ2v) is 3.68. The van der Waals surface area contributed by atoms with Crippen LogP contribution in [0.25, 0.3) is 0 Å². The highest BCUT2D eigenvalue weighted by Crippen LogP contribution is 2.02. The van der Waals surface area contributed by atoms with Gasteiger partial charge >= 0.3 is 5.97 Å². The molecule has 2 N–H and O–H groups in total. The highest BCUT2D eigenvalue weighted by molar-refractivity contribution is 5.73. The van der Waals surface area contributed by atoms with Crippen molar-refractivity contribution in [3.63, 3.8) is 0 Å². The van der Waals surface area contributed by atoms with Crippen LogP contribution in [0, 0.1) is 5.82 Å². The molecule has 0 aliphatic carbocycles. The fraction of sp³-hybridized carbons (Fsp3) is 0.417. The first-order chi connectivity index (χ1) is 8.13. The first kappa shape index (κ1) is 13.6. The van der Waals surface area contributed by atoms with Gasteiger partial charge in [-0.15, -0.1) is 0 Å². The van der Waals surface area contributed by atoms with Gasteiger partial charge in [0, 0.05) is 13.7 Å². The van der Waals surface area contributed by atoms with Crippen LogP contribution in [0.15, 0.2) is 24.3 Å². The smallest absolute Gasteiger partial charge is 0.323 e. The Morgan fingerprint density at radius 1 is 1.47 bits per heavy atom. The summed E-state index contributed by atoms with van der Waals surface area (Å²) >= 11 is 0. The predicted octanol–water partition coefficient (Wildman–Crippen LogP) is 1.06. The number of rotatable bonds is 7. The monoisotopic (exact) mass is 241 g/mol. The molecule has 0 saturated heterocycles. The van der Waals surface area contributed by atoms with Crippen LogP contribution in [-0.2, 0) is 16.0 Å². The van der Waals surface area contributed by atoms with Gasteiger partial charge in [0.05, 0.1) is 6.61 Å². The van der Waals surface area contributed by atoms with Crippen molar-refractivity contribution >= 4 is 5.97 Å². The van der Waals surface area contributed by atoms with Crippen molar-refractivity contribution in [2.24, 2.45) is 0 Å². The molecule has 1 aromatic rings. The van der Waals surface area contributed by atoms with E-state index in [1.165, 1.54) is 19.2 Å². The van der Waals surface area contributed by atoms with E-state index in [-0.39, 0.29) is 12.4 Å². The average molecular weight is 241 g/mol. The number of carbonyl (C=O) groups is 1. The topological polar surface area (TPSA) is 58.6 Å². The number of carboxylic acids is 1. The van der Waals surface area contributed by atoms with Gasteiger partial charge in [-0.25, -0.2) is 4.39 Å². The third-order valence-electron chi connectivity index (χ3n) is 2.35. The molecule has 0 saturated carbocycles. The van der Waals surface area contributed by atoms with E-state index in [9.17, 15) is 9.18 Å². The van der Waals surface area contributed by atoms with Gasteiger partial charge in [-0.05, 0) is 24.1 Å². The molecular formula is C12H16FNO3. The summed E-state index contributed by atoms with van der Waals surface area (Å²) in [5.74, 6) is -1.21. The summed E-state index contributed by atoms with van der Waals surface area (Å²) in [5, 5.41) is 11.7. The van der Waals surface area contributed by atoms with Crippen LogP contribution in [0.1, 0.15) is 5.56 Å². The zero-order valence-corrected chi connectivity index (χ0v) is 9.65.